The number of ether oxygens (including phenoxy) is 2. The summed E-state index contributed by atoms with van der Waals surface area (Å²) in [6, 6.07) is 12.9. The lowest BCUT2D eigenvalue weighted by atomic mass is 10.1. The molecule has 28 heavy (non-hydrogen) atoms. The van der Waals surface area contributed by atoms with E-state index in [2.05, 4.69) is 20.7 Å². The molecular weight excluding hydrogens is 462 g/mol. The molecule has 0 radical (unpaired) electrons. The Hall–Kier alpha value is -2.16. The molecule has 1 heterocycles. The van der Waals surface area contributed by atoms with Crippen LogP contribution >= 0.6 is 39.9 Å². The van der Waals surface area contributed by atoms with Crippen molar-refractivity contribution in [1.29, 1.82) is 0 Å². The van der Waals surface area contributed by atoms with Gasteiger partial charge in [-0.3, -0.25) is 9.69 Å². The molecule has 3 rings (SSSR count). The molecule has 144 valence electrons. The fraction of sp³-hybridized carbons (Fsp3) is 0.150. The summed E-state index contributed by atoms with van der Waals surface area (Å²) >= 11 is 10.1. The Morgan fingerprint density at radius 3 is 2.64 bits per heavy atom. The maximum atomic E-state index is 12.9. The lowest BCUT2D eigenvalue weighted by Crippen LogP contribution is -2.27. The minimum atomic E-state index is -0.487. The Morgan fingerprint density at radius 1 is 1.25 bits per heavy atom. The number of amides is 1. The molecule has 0 unspecified atom stereocenters. The summed E-state index contributed by atoms with van der Waals surface area (Å²) in [4.78, 5) is 26.3. The largest absolute Gasteiger partial charge is 0.481 e. The molecule has 0 spiro atoms. The number of esters is 1. The highest BCUT2D eigenvalue weighted by atomic mass is 79.9. The Labute approximate surface area is 180 Å². The number of nitrogens with zero attached hydrogens (tertiary/aromatic N) is 1. The van der Waals surface area contributed by atoms with E-state index < -0.39 is 5.97 Å². The molecule has 0 atom stereocenters. The molecule has 0 N–H and O–H groups in total. The quantitative estimate of drug-likeness (QED) is 0.352. The molecule has 5 nitrogen and oxygen atoms in total. The first-order chi connectivity index (χ1) is 13.4. The van der Waals surface area contributed by atoms with Crippen LogP contribution in [0.1, 0.15) is 11.1 Å². The number of carbonyl (C=O) groups is 2. The number of carbonyl (C=O) groups excluding carboxylic acids is 2. The Balaban J connectivity index is 1.90. The van der Waals surface area contributed by atoms with Crippen LogP contribution in [0.3, 0.4) is 0 Å². The fourth-order valence-electron chi connectivity index (χ4n) is 2.48. The molecule has 1 fully saturated rings. The molecule has 0 aromatic heterocycles. The van der Waals surface area contributed by atoms with E-state index in [4.69, 9.17) is 17.0 Å². The average Bonchev–Trinajstić information content (AvgIpc) is 2.95. The minimum absolute atomic E-state index is 0.197. The smallest absolute Gasteiger partial charge is 0.343 e. The first-order valence-electron chi connectivity index (χ1n) is 8.23. The molecule has 0 aliphatic carbocycles. The standard InChI is InChI=1S/C20H16BrNO4S2/c1-12-3-6-15(7-4-12)22-19(24)17(28-20(22)27)10-13-9-14(21)5-8-16(13)26-11-18(23)25-2/h3-10H,11H2,1-2H3/b17-10-. The second-order valence-corrected chi connectivity index (χ2v) is 8.49. The normalized spacial score (nSPS) is 15.2. The molecule has 1 aliphatic rings. The van der Waals surface area contributed by atoms with E-state index >= 15 is 0 Å². The summed E-state index contributed by atoms with van der Waals surface area (Å²) in [6.07, 6.45) is 1.71. The van der Waals surface area contributed by atoms with E-state index in [-0.39, 0.29) is 12.5 Å². The number of methoxy groups -OCH3 is 1. The number of thiocarbonyl (C=S) groups is 1. The van der Waals surface area contributed by atoms with Gasteiger partial charge in [-0.25, -0.2) is 4.79 Å². The van der Waals surface area contributed by atoms with Gasteiger partial charge in [0, 0.05) is 10.0 Å². The predicted octanol–water partition coefficient (Wildman–Crippen LogP) is 4.72. The number of hydrogen-bond acceptors (Lipinski definition) is 6. The van der Waals surface area contributed by atoms with E-state index in [1.165, 1.54) is 23.8 Å². The zero-order chi connectivity index (χ0) is 20.3. The van der Waals surface area contributed by atoms with Crippen molar-refractivity contribution in [1.82, 2.24) is 0 Å². The van der Waals surface area contributed by atoms with Crippen molar-refractivity contribution in [2.45, 2.75) is 6.92 Å². The van der Waals surface area contributed by atoms with Gasteiger partial charge >= 0.3 is 5.97 Å². The number of rotatable bonds is 5. The van der Waals surface area contributed by atoms with Gasteiger partial charge < -0.3 is 9.47 Å². The van der Waals surface area contributed by atoms with Gasteiger partial charge in [0.15, 0.2) is 10.9 Å². The van der Waals surface area contributed by atoms with Gasteiger partial charge in [0.2, 0.25) is 0 Å². The second kappa shape index (κ2) is 8.89. The number of anilines is 1. The lowest BCUT2D eigenvalue weighted by molar-refractivity contribution is -0.142. The van der Waals surface area contributed by atoms with E-state index in [0.29, 0.717) is 20.5 Å². The summed E-state index contributed by atoms with van der Waals surface area (Å²) in [6.45, 7) is 1.76. The van der Waals surface area contributed by atoms with E-state index in [0.717, 1.165) is 15.7 Å². The predicted molar refractivity (Wildman–Crippen MR) is 118 cm³/mol. The maximum Gasteiger partial charge on any atom is 0.343 e. The Bertz CT molecular complexity index is 973. The highest BCUT2D eigenvalue weighted by Gasteiger charge is 2.33. The van der Waals surface area contributed by atoms with Crippen LogP contribution in [0, 0.1) is 6.92 Å². The van der Waals surface area contributed by atoms with Crippen LogP contribution in [0.2, 0.25) is 0 Å². The van der Waals surface area contributed by atoms with Gasteiger partial charge in [0.1, 0.15) is 5.75 Å². The number of benzene rings is 2. The average molecular weight is 478 g/mol. The van der Waals surface area contributed by atoms with Gasteiger partial charge in [0.25, 0.3) is 5.91 Å². The van der Waals surface area contributed by atoms with Crippen molar-refractivity contribution in [3.05, 3.63) is 63.0 Å². The summed E-state index contributed by atoms with van der Waals surface area (Å²) in [5.41, 5.74) is 2.49. The van der Waals surface area contributed by atoms with Gasteiger partial charge in [-0.2, -0.15) is 0 Å². The first kappa shape index (κ1) is 20.6. The first-order valence-corrected chi connectivity index (χ1v) is 10.2. The van der Waals surface area contributed by atoms with Crippen molar-refractivity contribution in [3.8, 4) is 5.75 Å². The summed E-state index contributed by atoms with van der Waals surface area (Å²) in [5.74, 6) is -0.216. The maximum absolute atomic E-state index is 12.9. The van der Waals surface area contributed by atoms with Crippen molar-refractivity contribution in [2.24, 2.45) is 0 Å². The molecule has 1 amide bonds. The molecule has 2 aromatic carbocycles. The van der Waals surface area contributed by atoms with E-state index in [1.54, 1.807) is 18.2 Å². The van der Waals surface area contributed by atoms with E-state index in [1.807, 2.05) is 37.3 Å². The highest BCUT2D eigenvalue weighted by molar-refractivity contribution is 9.10. The third kappa shape index (κ3) is 4.63. The van der Waals surface area contributed by atoms with Gasteiger partial charge in [-0.1, -0.05) is 57.6 Å². The third-order valence-corrected chi connectivity index (χ3v) is 5.71. The van der Waals surface area contributed by atoms with Crippen LogP contribution in [0.4, 0.5) is 5.69 Å². The number of hydrogen-bond donors (Lipinski definition) is 0. The minimum Gasteiger partial charge on any atom is -0.481 e. The van der Waals surface area contributed by atoms with E-state index in [9.17, 15) is 9.59 Å². The SMILES string of the molecule is COC(=O)COc1ccc(Br)cc1/C=C1\SC(=S)N(c2ccc(C)cc2)C1=O. The zero-order valence-corrected chi connectivity index (χ0v) is 18.3. The molecule has 0 bridgehead atoms. The summed E-state index contributed by atoms with van der Waals surface area (Å²) in [5, 5.41) is 0. The van der Waals surface area contributed by atoms with Crippen molar-refractivity contribution in [3.63, 3.8) is 0 Å². The summed E-state index contributed by atoms with van der Waals surface area (Å²) < 4.78 is 11.4. The van der Waals surface area contributed by atoms with Gasteiger partial charge in [-0.05, 0) is 43.3 Å². The van der Waals surface area contributed by atoms with Gasteiger partial charge in [-0.15, -0.1) is 0 Å². The van der Waals surface area contributed by atoms with Crippen LogP contribution in [0.25, 0.3) is 6.08 Å². The van der Waals surface area contributed by atoms with Gasteiger partial charge in [0.05, 0.1) is 17.7 Å². The molecule has 0 saturated carbocycles. The highest BCUT2D eigenvalue weighted by Crippen LogP contribution is 2.37. The number of aryl methyl sites for hydroxylation is 1. The molecule has 8 heteroatoms. The van der Waals surface area contributed by atoms with Crippen LogP contribution in [-0.4, -0.2) is 29.9 Å². The Morgan fingerprint density at radius 2 is 1.96 bits per heavy atom. The third-order valence-electron chi connectivity index (χ3n) is 3.92. The number of halogens is 1. The second-order valence-electron chi connectivity index (χ2n) is 5.90. The molecular formula is C20H16BrNO4S2. The Kier molecular flexibility index (Phi) is 6.53. The summed E-state index contributed by atoms with van der Waals surface area (Å²) in [7, 11) is 1.30. The number of thioether (sulfide) groups is 1. The van der Waals surface area contributed by atoms with Crippen molar-refractivity contribution < 1.29 is 19.1 Å². The van der Waals surface area contributed by atoms with Crippen LogP contribution in [0.15, 0.2) is 51.8 Å². The molecule has 2 aromatic rings. The van der Waals surface area contributed by atoms with Crippen molar-refractivity contribution in [2.75, 3.05) is 18.6 Å². The van der Waals surface area contributed by atoms with Crippen LogP contribution < -0.4 is 9.64 Å². The zero-order valence-electron chi connectivity index (χ0n) is 15.1. The van der Waals surface area contributed by atoms with Crippen LogP contribution in [0.5, 0.6) is 5.75 Å². The topological polar surface area (TPSA) is 55.8 Å². The fourth-order valence-corrected chi connectivity index (χ4v) is 4.15. The van der Waals surface area contributed by atoms with Crippen molar-refractivity contribution >= 4 is 67.9 Å². The molecule has 1 saturated heterocycles. The van der Waals surface area contributed by atoms with Crippen LogP contribution in [-0.2, 0) is 14.3 Å². The monoisotopic (exact) mass is 477 g/mol. The molecule has 1 aliphatic heterocycles. The lowest BCUT2D eigenvalue weighted by Gasteiger charge is -2.14.